The van der Waals surface area contributed by atoms with Gasteiger partial charge in [0.2, 0.25) is 0 Å². The summed E-state index contributed by atoms with van der Waals surface area (Å²) in [5.74, 6) is 1.78. The number of thiophene rings is 1. The minimum Gasteiger partial charge on any atom is -0.352 e. The average Bonchev–Trinajstić information content (AvgIpc) is 3.20. The highest BCUT2D eigenvalue weighted by Crippen LogP contribution is 2.16. The Kier molecular flexibility index (Phi) is 5.15. The number of aliphatic imine (C=N–C) groups is 1. The molecule has 0 amide bonds. The van der Waals surface area contributed by atoms with Gasteiger partial charge in [-0.3, -0.25) is 4.99 Å². The third kappa shape index (κ3) is 3.59. The topological polar surface area (TPSA) is 54.2 Å². The van der Waals surface area contributed by atoms with Gasteiger partial charge >= 0.3 is 0 Å². The van der Waals surface area contributed by atoms with Crippen LogP contribution in [0.1, 0.15) is 22.5 Å². The van der Waals surface area contributed by atoms with E-state index in [4.69, 9.17) is 0 Å². The third-order valence-electron chi connectivity index (χ3n) is 4.01. The van der Waals surface area contributed by atoms with E-state index in [-0.39, 0.29) is 0 Å². The molecular weight excluding hydrogens is 318 g/mol. The summed E-state index contributed by atoms with van der Waals surface area (Å²) < 4.78 is 2.11. The first kappa shape index (κ1) is 16.5. The molecule has 126 valence electrons. The fourth-order valence-corrected chi connectivity index (χ4v) is 3.51. The van der Waals surface area contributed by atoms with E-state index in [9.17, 15) is 0 Å². The molecule has 2 N–H and O–H groups in total. The largest absolute Gasteiger partial charge is 0.352 e. The van der Waals surface area contributed by atoms with Gasteiger partial charge in [-0.2, -0.15) is 0 Å². The Hall–Kier alpha value is -2.34. The zero-order valence-electron chi connectivity index (χ0n) is 14.3. The molecule has 5 nitrogen and oxygen atoms in total. The minimum atomic E-state index is 0.634. The molecule has 24 heavy (non-hydrogen) atoms. The number of aryl methyl sites for hydroxylation is 2. The number of imidazole rings is 1. The van der Waals surface area contributed by atoms with Gasteiger partial charge in [0.25, 0.3) is 0 Å². The van der Waals surface area contributed by atoms with Gasteiger partial charge in [0.15, 0.2) is 5.96 Å². The first-order chi connectivity index (χ1) is 11.7. The Bertz CT molecular complexity index is 846. The Morgan fingerprint density at radius 2 is 1.88 bits per heavy atom. The molecule has 0 unspecified atom stereocenters. The molecule has 3 rings (SSSR count). The lowest BCUT2D eigenvalue weighted by molar-refractivity contribution is 0.738. The molecule has 6 heteroatoms. The van der Waals surface area contributed by atoms with E-state index in [1.807, 2.05) is 36.6 Å². The van der Waals surface area contributed by atoms with Gasteiger partial charge in [-0.1, -0.05) is 19.1 Å². The van der Waals surface area contributed by atoms with Gasteiger partial charge in [-0.05, 0) is 30.7 Å². The summed E-state index contributed by atoms with van der Waals surface area (Å²) in [5, 5.41) is 6.70. The summed E-state index contributed by atoms with van der Waals surface area (Å²) >= 11 is 1.84. The summed E-state index contributed by atoms with van der Waals surface area (Å²) in [5.41, 5.74) is 2.16. The number of benzene rings is 1. The van der Waals surface area contributed by atoms with E-state index in [2.05, 4.69) is 50.3 Å². The second-order valence-electron chi connectivity index (χ2n) is 5.58. The van der Waals surface area contributed by atoms with Crippen LogP contribution >= 0.6 is 11.3 Å². The fourth-order valence-electron chi connectivity index (χ4n) is 2.62. The molecule has 0 bridgehead atoms. The van der Waals surface area contributed by atoms with Gasteiger partial charge in [0.1, 0.15) is 5.82 Å². The van der Waals surface area contributed by atoms with E-state index in [0.717, 1.165) is 35.8 Å². The molecule has 0 fully saturated rings. The first-order valence-electron chi connectivity index (χ1n) is 8.13. The standard InChI is InChI=1S/C18H23N5S/c1-4-13-9-10-14(24-13)11-20-18(19-2)21-12-17-22-15-7-5-6-8-16(15)23(17)3/h5-10H,4,11-12H2,1-3H3,(H2,19,20,21). The van der Waals surface area contributed by atoms with Crippen molar-refractivity contribution >= 4 is 28.3 Å². The molecule has 0 spiro atoms. The number of hydrogen-bond acceptors (Lipinski definition) is 3. The van der Waals surface area contributed by atoms with Gasteiger partial charge in [0, 0.05) is 23.8 Å². The summed E-state index contributed by atoms with van der Waals surface area (Å²) in [6, 6.07) is 12.5. The van der Waals surface area contributed by atoms with Gasteiger partial charge in [0.05, 0.1) is 24.1 Å². The molecule has 0 aliphatic rings. The SMILES string of the molecule is CCc1ccc(CNC(=NC)NCc2nc3ccccc3n2C)s1. The monoisotopic (exact) mass is 341 g/mol. The number of aromatic nitrogens is 2. The normalized spacial score (nSPS) is 11.9. The highest BCUT2D eigenvalue weighted by molar-refractivity contribution is 7.11. The number of nitrogens with one attached hydrogen (secondary N) is 2. The lowest BCUT2D eigenvalue weighted by atomic mass is 10.3. The van der Waals surface area contributed by atoms with Crippen LogP contribution < -0.4 is 10.6 Å². The molecule has 2 aromatic heterocycles. The van der Waals surface area contributed by atoms with Crippen molar-refractivity contribution in [3.63, 3.8) is 0 Å². The highest BCUT2D eigenvalue weighted by atomic mass is 32.1. The maximum Gasteiger partial charge on any atom is 0.191 e. The van der Waals surface area contributed by atoms with Crippen LogP contribution in [0, 0.1) is 0 Å². The second kappa shape index (κ2) is 7.49. The summed E-state index contributed by atoms with van der Waals surface area (Å²) in [7, 11) is 3.83. The third-order valence-corrected chi connectivity index (χ3v) is 5.24. The number of nitrogens with zero attached hydrogens (tertiary/aromatic N) is 3. The lowest BCUT2D eigenvalue weighted by Gasteiger charge is -2.11. The van der Waals surface area contributed by atoms with E-state index >= 15 is 0 Å². The molecule has 0 atom stereocenters. The van der Waals surface area contributed by atoms with Crippen LogP contribution in [0.4, 0.5) is 0 Å². The molecular formula is C18H23N5S. The number of rotatable bonds is 5. The van der Waals surface area contributed by atoms with Crippen LogP contribution in [-0.4, -0.2) is 22.6 Å². The van der Waals surface area contributed by atoms with Crippen molar-refractivity contribution in [1.82, 2.24) is 20.2 Å². The lowest BCUT2D eigenvalue weighted by Crippen LogP contribution is -2.36. The van der Waals surface area contributed by atoms with Gasteiger partial charge in [-0.15, -0.1) is 11.3 Å². The molecule has 1 aromatic carbocycles. The van der Waals surface area contributed by atoms with Crippen LogP contribution in [0.15, 0.2) is 41.4 Å². The maximum absolute atomic E-state index is 4.67. The molecule has 0 saturated carbocycles. The predicted molar refractivity (Wildman–Crippen MR) is 101 cm³/mol. The van der Waals surface area contributed by atoms with Crippen molar-refractivity contribution < 1.29 is 0 Å². The van der Waals surface area contributed by atoms with Gasteiger partial charge < -0.3 is 15.2 Å². The van der Waals surface area contributed by atoms with E-state index < -0.39 is 0 Å². The van der Waals surface area contributed by atoms with E-state index in [1.165, 1.54) is 9.75 Å². The Balaban J connectivity index is 1.60. The number of para-hydroxylation sites is 2. The quantitative estimate of drug-likeness (QED) is 0.554. The first-order valence-corrected chi connectivity index (χ1v) is 8.95. The van der Waals surface area contributed by atoms with Crippen LogP contribution in [0.5, 0.6) is 0 Å². The van der Waals surface area contributed by atoms with Crippen LogP contribution in [0.25, 0.3) is 11.0 Å². The Morgan fingerprint density at radius 3 is 2.58 bits per heavy atom. The predicted octanol–water partition coefficient (Wildman–Crippen LogP) is 3.06. The minimum absolute atomic E-state index is 0.634. The maximum atomic E-state index is 4.67. The van der Waals surface area contributed by atoms with Crippen molar-refractivity contribution in [3.05, 3.63) is 52.0 Å². The fraction of sp³-hybridized carbons (Fsp3) is 0.333. The van der Waals surface area contributed by atoms with Crippen LogP contribution in [0.2, 0.25) is 0 Å². The zero-order chi connectivity index (χ0) is 16.9. The number of guanidine groups is 1. The van der Waals surface area contributed by atoms with Crippen molar-refractivity contribution in [2.45, 2.75) is 26.4 Å². The van der Waals surface area contributed by atoms with Crippen molar-refractivity contribution in [2.24, 2.45) is 12.0 Å². The molecule has 0 aliphatic carbocycles. The number of hydrogen-bond donors (Lipinski definition) is 2. The van der Waals surface area contributed by atoms with Crippen LogP contribution in [-0.2, 0) is 26.6 Å². The Labute approximate surface area is 146 Å². The van der Waals surface area contributed by atoms with Crippen LogP contribution in [0.3, 0.4) is 0 Å². The molecule has 0 aliphatic heterocycles. The molecule has 0 radical (unpaired) electrons. The molecule has 0 saturated heterocycles. The van der Waals surface area contributed by atoms with Crippen molar-refractivity contribution in [1.29, 1.82) is 0 Å². The van der Waals surface area contributed by atoms with Crippen molar-refractivity contribution in [3.8, 4) is 0 Å². The second-order valence-corrected chi connectivity index (χ2v) is 6.83. The average molecular weight is 341 g/mol. The smallest absolute Gasteiger partial charge is 0.191 e. The molecule has 3 aromatic rings. The van der Waals surface area contributed by atoms with Gasteiger partial charge in [-0.25, -0.2) is 4.98 Å². The summed E-state index contributed by atoms with van der Waals surface area (Å²) in [4.78, 5) is 11.7. The van der Waals surface area contributed by atoms with Crippen molar-refractivity contribution in [2.75, 3.05) is 7.05 Å². The Morgan fingerprint density at radius 1 is 1.12 bits per heavy atom. The van der Waals surface area contributed by atoms with E-state index in [0.29, 0.717) is 6.54 Å². The summed E-state index contributed by atoms with van der Waals surface area (Å²) in [6.45, 7) is 3.60. The van der Waals surface area contributed by atoms with E-state index in [1.54, 1.807) is 7.05 Å². The zero-order valence-corrected chi connectivity index (χ0v) is 15.2. The number of fused-ring (bicyclic) bond motifs is 1. The highest BCUT2D eigenvalue weighted by Gasteiger charge is 2.08. The summed E-state index contributed by atoms with van der Waals surface area (Å²) in [6.07, 6.45) is 1.09. The molecule has 2 heterocycles.